The molecule has 0 saturated heterocycles. The van der Waals surface area contributed by atoms with Gasteiger partial charge in [0.1, 0.15) is 5.57 Å². The van der Waals surface area contributed by atoms with Crippen LogP contribution in [0.3, 0.4) is 0 Å². The predicted octanol–water partition coefficient (Wildman–Crippen LogP) is 5.81. The highest BCUT2D eigenvalue weighted by Gasteiger charge is 2.23. The van der Waals surface area contributed by atoms with Crippen molar-refractivity contribution in [2.24, 2.45) is 0 Å². The van der Waals surface area contributed by atoms with Crippen molar-refractivity contribution in [2.45, 2.75) is 19.6 Å². The van der Waals surface area contributed by atoms with Crippen LogP contribution < -0.4 is 5.32 Å². The summed E-state index contributed by atoms with van der Waals surface area (Å²) in [4.78, 5) is 24.6. The van der Waals surface area contributed by atoms with E-state index >= 15 is 0 Å². The van der Waals surface area contributed by atoms with E-state index in [1.165, 1.54) is 18.7 Å². The van der Waals surface area contributed by atoms with Crippen LogP contribution in [0.4, 0.5) is 5.69 Å². The van der Waals surface area contributed by atoms with Crippen LogP contribution in [0, 0.1) is 0 Å². The molecule has 4 nitrogen and oxygen atoms in total. The van der Waals surface area contributed by atoms with Crippen molar-refractivity contribution in [2.75, 3.05) is 11.9 Å². The number of hydrogen-bond donors (Lipinski definition) is 1. The Bertz CT molecular complexity index is 856. The maximum absolute atomic E-state index is 12.4. The standard InChI is InChI=1S/C20H19BrClNO3S/c1-3-26-20(25)18(13(2)24)19(27-12-14-7-5-4-6-8-14)23-17-11-15(22)9-10-16(17)21/h4-11,23H,3,12H2,1-2H3/b19-18-. The molecule has 0 aliphatic rings. The number of anilines is 1. The molecule has 0 radical (unpaired) electrons. The molecule has 0 unspecified atom stereocenters. The van der Waals surface area contributed by atoms with E-state index in [-0.39, 0.29) is 18.0 Å². The summed E-state index contributed by atoms with van der Waals surface area (Å²) in [5.41, 5.74) is 1.71. The maximum atomic E-state index is 12.4. The monoisotopic (exact) mass is 467 g/mol. The second-order valence-corrected chi connectivity index (χ2v) is 7.78. The van der Waals surface area contributed by atoms with Crippen LogP contribution >= 0.6 is 39.3 Å². The number of halogens is 2. The zero-order chi connectivity index (χ0) is 19.8. The molecule has 7 heteroatoms. The number of carbonyl (C=O) groups is 2. The molecular formula is C20H19BrClNO3S. The molecule has 2 rings (SSSR count). The number of esters is 1. The van der Waals surface area contributed by atoms with Gasteiger partial charge < -0.3 is 10.1 Å². The third-order valence-corrected chi connectivity index (χ3v) is 5.46. The molecule has 142 valence electrons. The molecule has 0 aliphatic carbocycles. The number of ketones is 1. The number of thioether (sulfide) groups is 1. The third-order valence-electron chi connectivity index (χ3n) is 3.46. The summed E-state index contributed by atoms with van der Waals surface area (Å²) in [6.07, 6.45) is 0. The Morgan fingerprint density at radius 2 is 1.89 bits per heavy atom. The Morgan fingerprint density at radius 3 is 2.52 bits per heavy atom. The first-order chi connectivity index (χ1) is 12.9. The van der Waals surface area contributed by atoms with E-state index < -0.39 is 5.97 Å². The van der Waals surface area contributed by atoms with Crippen LogP contribution in [-0.4, -0.2) is 18.4 Å². The molecule has 0 aromatic heterocycles. The highest BCUT2D eigenvalue weighted by atomic mass is 79.9. The average Bonchev–Trinajstić information content (AvgIpc) is 2.63. The second-order valence-electron chi connectivity index (χ2n) is 5.50. The van der Waals surface area contributed by atoms with Gasteiger partial charge in [0.25, 0.3) is 0 Å². The van der Waals surface area contributed by atoms with E-state index in [0.717, 1.165) is 10.0 Å². The molecule has 0 fully saturated rings. The molecule has 0 aliphatic heterocycles. The van der Waals surface area contributed by atoms with Gasteiger partial charge >= 0.3 is 5.97 Å². The number of hydrogen-bond acceptors (Lipinski definition) is 5. The Labute approximate surface area is 176 Å². The third kappa shape index (κ3) is 6.41. The van der Waals surface area contributed by atoms with Crippen molar-refractivity contribution in [3.05, 3.63) is 74.2 Å². The van der Waals surface area contributed by atoms with Crippen molar-refractivity contribution in [3.8, 4) is 0 Å². The fourth-order valence-electron chi connectivity index (χ4n) is 2.22. The van der Waals surface area contributed by atoms with E-state index in [4.69, 9.17) is 16.3 Å². The molecular weight excluding hydrogens is 450 g/mol. The van der Waals surface area contributed by atoms with Crippen molar-refractivity contribution in [3.63, 3.8) is 0 Å². The fourth-order valence-corrected chi connectivity index (χ4v) is 3.79. The van der Waals surface area contributed by atoms with E-state index in [1.54, 1.807) is 25.1 Å². The summed E-state index contributed by atoms with van der Waals surface area (Å²) in [6.45, 7) is 3.24. The van der Waals surface area contributed by atoms with Gasteiger partial charge in [0.15, 0.2) is 5.78 Å². The molecule has 2 aromatic carbocycles. The van der Waals surface area contributed by atoms with Crippen LogP contribution in [0.25, 0.3) is 0 Å². The summed E-state index contributed by atoms with van der Waals surface area (Å²) in [7, 11) is 0. The smallest absolute Gasteiger partial charge is 0.344 e. The minimum atomic E-state index is -0.647. The minimum absolute atomic E-state index is 0.00958. The average molecular weight is 469 g/mol. The van der Waals surface area contributed by atoms with Gasteiger partial charge in [-0.3, -0.25) is 4.79 Å². The van der Waals surface area contributed by atoms with Crippen molar-refractivity contribution < 1.29 is 14.3 Å². The predicted molar refractivity (Wildman–Crippen MR) is 115 cm³/mol. The van der Waals surface area contributed by atoms with E-state index in [1.807, 2.05) is 30.3 Å². The van der Waals surface area contributed by atoms with Gasteiger partial charge in [-0.2, -0.15) is 0 Å². The summed E-state index contributed by atoms with van der Waals surface area (Å²) in [5.74, 6) is -0.432. The van der Waals surface area contributed by atoms with Crippen LogP contribution in [0.5, 0.6) is 0 Å². The topological polar surface area (TPSA) is 55.4 Å². The van der Waals surface area contributed by atoms with Crippen LogP contribution in [0.1, 0.15) is 19.4 Å². The summed E-state index contributed by atoms with van der Waals surface area (Å²) in [6, 6.07) is 15.0. The van der Waals surface area contributed by atoms with Gasteiger partial charge in [0, 0.05) is 15.2 Å². The lowest BCUT2D eigenvalue weighted by atomic mass is 10.2. The fraction of sp³-hybridized carbons (Fsp3) is 0.200. The number of Topliss-reactive ketones (excluding diaryl/α,β-unsaturated/α-hetero) is 1. The summed E-state index contributed by atoms with van der Waals surface area (Å²) in [5, 5.41) is 4.13. The second kappa shape index (κ2) is 10.5. The molecule has 0 bridgehead atoms. The first kappa shape index (κ1) is 21.5. The molecule has 2 aromatic rings. The lowest BCUT2D eigenvalue weighted by Gasteiger charge is -2.16. The number of ether oxygens (including phenoxy) is 1. The molecule has 0 heterocycles. The summed E-state index contributed by atoms with van der Waals surface area (Å²) < 4.78 is 5.84. The van der Waals surface area contributed by atoms with Crippen molar-refractivity contribution >= 4 is 56.7 Å². The number of benzene rings is 2. The van der Waals surface area contributed by atoms with E-state index in [9.17, 15) is 9.59 Å². The zero-order valence-corrected chi connectivity index (χ0v) is 18.1. The molecule has 27 heavy (non-hydrogen) atoms. The first-order valence-corrected chi connectivity index (χ1v) is 10.4. The lowest BCUT2D eigenvalue weighted by molar-refractivity contribution is -0.139. The van der Waals surface area contributed by atoms with E-state index in [2.05, 4.69) is 21.2 Å². The van der Waals surface area contributed by atoms with E-state index in [0.29, 0.717) is 21.5 Å². The number of carbonyl (C=O) groups excluding carboxylic acids is 2. The highest BCUT2D eigenvalue weighted by Crippen LogP contribution is 2.32. The Morgan fingerprint density at radius 1 is 1.19 bits per heavy atom. The largest absolute Gasteiger partial charge is 0.462 e. The SMILES string of the molecule is CCOC(=O)/C(C(C)=O)=C(/Nc1cc(Cl)ccc1Br)SCc1ccccc1. The normalized spacial score (nSPS) is 11.6. The Balaban J connectivity index is 2.42. The minimum Gasteiger partial charge on any atom is -0.462 e. The van der Waals surface area contributed by atoms with Gasteiger partial charge in [0.05, 0.1) is 17.3 Å². The molecule has 0 spiro atoms. The first-order valence-electron chi connectivity index (χ1n) is 8.23. The Kier molecular flexibility index (Phi) is 8.41. The zero-order valence-electron chi connectivity index (χ0n) is 14.9. The van der Waals surface area contributed by atoms with Gasteiger partial charge in [-0.1, -0.05) is 41.9 Å². The van der Waals surface area contributed by atoms with Crippen molar-refractivity contribution in [1.82, 2.24) is 0 Å². The van der Waals surface area contributed by atoms with Gasteiger partial charge in [-0.25, -0.2) is 4.79 Å². The number of rotatable bonds is 8. The Hall–Kier alpha value is -1.76. The maximum Gasteiger partial charge on any atom is 0.344 e. The lowest BCUT2D eigenvalue weighted by Crippen LogP contribution is -2.18. The molecule has 0 atom stereocenters. The van der Waals surface area contributed by atoms with Gasteiger partial charge in [-0.15, -0.1) is 11.8 Å². The van der Waals surface area contributed by atoms with Gasteiger partial charge in [-0.05, 0) is 53.5 Å². The van der Waals surface area contributed by atoms with Crippen LogP contribution in [-0.2, 0) is 20.1 Å². The van der Waals surface area contributed by atoms with Gasteiger partial charge in [0.2, 0.25) is 0 Å². The molecule has 1 N–H and O–H groups in total. The molecule has 0 saturated carbocycles. The molecule has 0 amide bonds. The van der Waals surface area contributed by atoms with Crippen molar-refractivity contribution in [1.29, 1.82) is 0 Å². The number of nitrogens with one attached hydrogen (secondary N) is 1. The van der Waals surface area contributed by atoms with Crippen LogP contribution in [0.2, 0.25) is 5.02 Å². The summed E-state index contributed by atoms with van der Waals surface area (Å²) >= 11 is 10.9. The quantitative estimate of drug-likeness (QED) is 0.229. The highest BCUT2D eigenvalue weighted by molar-refractivity contribution is 9.10. The van der Waals surface area contributed by atoms with Crippen LogP contribution in [0.15, 0.2) is 63.6 Å².